The lowest BCUT2D eigenvalue weighted by Gasteiger charge is -2.20. The molecule has 0 radical (unpaired) electrons. The zero-order chi connectivity index (χ0) is 19.4. The van der Waals surface area contributed by atoms with E-state index in [1.165, 1.54) is 10.4 Å². The van der Waals surface area contributed by atoms with Crippen molar-refractivity contribution < 1.29 is 4.79 Å². The molecule has 0 aliphatic rings. The molecule has 2 heterocycles. The molecule has 0 aliphatic carbocycles. The topological polar surface area (TPSA) is 58.1 Å². The van der Waals surface area contributed by atoms with Crippen LogP contribution in [-0.2, 0) is 4.79 Å². The molecule has 3 rings (SSSR count). The van der Waals surface area contributed by atoms with Crippen molar-refractivity contribution in [2.75, 3.05) is 18.5 Å². The van der Waals surface area contributed by atoms with Crippen LogP contribution in [-0.4, -0.2) is 35.5 Å². The molecule has 0 saturated heterocycles. The van der Waals surface area contributed by atoms with Gasteiger partial charge in [-0.25, -0.2) is 9.97 Å². The highest BCUT2D eigenvalue weighted by Crippen LogP contribution is 2.36. The number of thiophene rings is 1. The Kier molecular flexibility index (Phi) is 6.06. The summed E-state index contributed by atoms with van der Waals surface area (Å²) >= 11 is 1.67. The summed E-state index contributed by atoms with van der Waals surface area (Å²) in [5.74, 6) is 1.70. The Hall–Kier alpha value is -2.47. The van der Waals surface area contributed by atoms with Crippen LogP contribution in [0.25, 0.3) is 20.7 Å². The Balaban J connectivity index is 1.83. The predicted molar refractivity (Wildman–Crippen MR) is 113 cm³/mol. The van der Waals surface area contributed by atoms with Crippen LogP contribution >= 0.6 is 11.3 Å². The van der Waals surface area contributed by atoms with Crippen molar-refractivity contribution in [2.24, 2.45) is 0 Å². The largest absolute Gasteiger partial charge is 0.359 e. The van der Waals surface area contributed by atoms with Gasteiger partial charge in [0.15, 0.2) is 0 Å². The average molecular weight is 383 g/mol. The van der Waals surface area contributed by atoms with Gasteiger partial charge in [-0.2, -0.15) is 0 Å². The van der Waals surface area contributed by atoms with Crippen LogP contribution in [0.2, 0.25) is 0 Å². The molecule has 6 heteroatoms. The Morgan fingerprint density at radius 3 is 2.70 bits per heavy atom. The number of anilines is 1. The van der Waals surface area contributed by atoms with Crippen molar-refractivity contribution in [3.8, 4) is 10.4 Å². The van der Waals surface area contributed by atoms with Gasteiger partial charge in [0.2, 0.25) is 5.91 Å². The molecule has 0 fully saturated rings. The van der Waals surface area contributed by atoms with E-state index in [0.29, 0.717) is 13.0 Å². The van der Waals surface area contributed by atoms with Crippen molar-refractivity contribution >= 4 is 33.3 Å². The van der Waals surface area contributed by atoms with E-state index in [2.05, 4.69) is 45.3 Å². The second-order valence-corrected chi connectivity index (χ2v) is 7.87. The van der Waals surface area contributed by atoms with Crippen LogP contribution in [0.3, 0.4) is 0 Å². The summed E-state index contributed by atoms with van der Waals surface area (Å²) in [5.41, 5.74) is 1.18. The third-order valence-corrected chi connectivity index (χ3v) is 5.68. The molecule has 27 heavy (non-hydrogen) atoms. The molecular formula is C21H26N4OS. The number of nitrogens with one attached hydrogen (secondary N) is 1. The van der Waals surface area contributed by atoms with E-state index in [1.807, 2.05) is 39.1 Å². The molecule has 1 amide bonds. The molecule has 3 aromatic rings. The normalized spacial score (nSPS) is 12.1. The molecule has 1 unspecified atom stereocenters. The smallest absolute Gasteiger partial charge is 0.221 e. The van der Waals surface area contributed by atoms with Gasteiger partial charge in [0, 0.05) is 30.9 Å². The lowest BCUT2D eigenvalue weighted by Crippen LogP contribution is -2.34. The van der Waals surface area contributed by atoms with Gasteiger partial charge in [-0.05, 0) is 31.9 Å². The van der Waals surface area contributed by atoms with Gasteiger partial charge in [0.25, 0.3) is 0 Å². The summed E-state index contributed by atoms with van der Waals surface area (Å²) in [5, 5.41) is 4.05. The molecule has 2 aromatic heterocycles. The SMILES string of the molecule is CCC(C)NC(=O)CCN(C)c1nc(C)nc2sc(-c3ccccc3)cc12. The van der Waals surface area contributed by atoms with E-state index >= 15 is 0 Å². The van der Waals surface area contributed by atoms with Gasteiger partial charge in [0.05, 0.1) is 5.39 Å². The van der Waals surface area contributed by atoms with E-state index in [0.717, 1.165) is 28.3 Å². The number of carbonyl (C=O) groups excluding carboxylic acids is 1. The monoisotopic (exact) mass is 382 g/mol. The number of rotatable bonds is 7. The van der Waals surface area contributed by atoms with Crippen molar-refractivity contribution in [1.82, 2.24) is 15.3 Å². The number of hydrogen-bond donors (Lipinski definition) is 1. The van der Waals surface area contributed by atoms with Crippen molar-refractivity contribution in [2.45, 2.75) is 39.7 Å². The molecule has 0 aliphatic heterocycles. The Morgan fingerprint density at radius 1 is 1.26 bits per heavy atom. The minimum absolute atomic E-state index is 0.0773. The maximum atomic E-state index is 12.1. The molecular weight excluding hydrogens is 356 g/mol. The van der Waals surface area contributed by atoms with Gasteiger partial charge in [0.1, 0.15) is 16.5 Å². The molecule has 0 spiro atoms. The van der Waals surface area contributed by atoms with Crippen molar-refractivity contribution in [3.63, 3.8) is 0 Å². The number of aromatic nitrogens is 2. The molecule has 0 saturated carbocycles. The van der Waals surface area contributed by atoms with Gasteiger partial charge in [-0.1, -0.05) is 37.3 Å². The van der Waals surface area contributed by atoms with Crippen LogP contribution in [0.1, 0.15) is 32.5 Å². The third kappa shape index (κ3) is 4.63. The Labute approximate surface area is 164 Å². The highest BCUT2D eigenvalue weighted by molar-refractivity contribution is 7.21. The number of carbonyl (C=O) groups is 1. The van der Waals surface area contributed by atoms with Gasteiger partial charge >= 0.3 is 0 Å². The fourth-order valence-corrected chi connectivity index (χ4v) is 3.95. The summed E-state index contributed by atoms with van der Waals surface area (Å²) in [7, 11) is 1.98. The average Bonchev–Trinajstić information content (AvgIpc) is 3.09. The highest BCUT2D eigenvalue weighted by atomic mass is 32.1. The van der Waals surface area contributed by atoms with E-state index in [1.54, 1.807) is 11.3 Å². The second-order valence-electron chi connectivity index (χ2n) is 6.84. The van der Waals surface area contributed by atoms with Gasteiger partial charge < -0.3 is 10.2 Å². The van der Waals surface area contributed by atoms with Crippen LogP contribution in [0, 0.1) is 6.92 Å². The number of amides is 1. The molecule has 1 N–H and O–H groups in total. The van der Waals surface area contributed by atoms with Crippen LogP contribution in [0.15, 0.2) is 36.4 Å². The first kappa shape index (κ1) is 19.3. The van der Waals surface area contributed by atoms with Crippen molar-refractivity contribution in [3.05, 3.63) is 42.2 Å². The highest BCUT2D eigenvalue weighted by Gasteiger charge is 2.15. The number of aryl methyl sites for hydroxylation is 1. The molecule has 1 atom stereocenters. The number of benzene rings is 1. The zero-order valence-corrected chi connectivity index (χ0v) is 17.1. The maximum absolute atomic E-state index is 12.1. The number of nitrogens with zero attached hydrogens (tertiary/aromatic N) is 3. The van der Waals surface area contributed by atoms with E-state index in [-0.39, 0.29) is 11.9 Å². The fourth-order valence-electron chi connectivity index (χ4n) is 2.87. The van der Waals surface area contributed by atoms with Crippen molar-refractivity contribution in [1.29, 1.82) is 0 Å². The first-order valence-electron chi connectivity index (χ1n) is 9.32. The van der Waals surface area contributed by atoms with Crippen LogP contribution < -0.4 is 10.2 Å². The van der Waals surface area contributed by atoms with Gasteiger partial charge in [-0.15, -0.1) is 11.3 Å². The first-order valence-corrected chi connectivity index (χ1v) is 10.1. The summed E-state index contributed by atoms with van der Waals surface area (Å²) in [6.45, 7) is 6.62. The van der Waals surface area contributed by atoms with E-state index in [9.17, 15) is 4.79 Å². The Bertz CT molecular complexity index is 923. The number of hydrogen-bond acceptors (Lipinski definition) is 5. The quantitative estimate of drug-likeness (QED) is 0.658. The fraction of sp³-hybridized carbons (Fsp3) is 0.381. The molecule has 1 aromatic carbocycles. The Morgan fingerprint density at radius 2 is 2.00 bits per heavy atom. The molecule has 0 bridgehead atoms. The minimum Gasteiger partial charge on any atom is -0.359 e. The molecule has 142 valence electrons. The van der Waals surface area contributed by atoms with Gasteiger partial charge in [-0.3, -0.25) is 4.79 Å². The lowest BCUT2D eigenvalue weighted by molar-refractivity contribution is -0.121. The zero-order valence-electron chi connectivity index (χ0n) is 16.3. The van der Waals surface area contributed by atoms with Crippen LogP contribution in [0.5, 0.6) is 0 Å². The number of fused-ring (bicyclic) bond motifs is 1. The summed E-state index contributed by atoms with van der Waals surface area (Å²) in [4.78, 5) is 25.6. The third-order valence-electron chi connectivity index (χ3n) is 4.60. The molecule has 5 nitrogen and oxygen atoms in total. The van der Waals surface area contributed by atoms with Crippen LogP contribution in [0.4, 0.5) is 5.82 Å². The first-order chi connectivity index (χ1) is 13.0. The van der Waals surface area contributed by atoms with E-state index < -0.39 is 0 Å². The van der Waals surface area contributed by atoms with E-state index in [4.69, 9.17) is 0 Å². The lowest BCUT2D eigenvalue weighted by atomic mass is 10.2. The predicted octanol–water partition coefficient (Wildman–Crippen LogP) is 4.41. The summed E-state index contributed by atoms with van der Waals surface area (Å²) < 4.78 is 0. The maximum Gasteiger partial charge on any atom is 0.221 e. The standard InChI is InChI=1S/C21H26N4OS/c1-5-14(2)22-19(26)11-12-25(4)20-17-13-18(16-9-7-6-8-10-16)27-21(17)24-15(3)23-20/h6-10,13-14H,5,11-12H2,1-4H3,(H,22,26). The summed E-state index contributed by atoms with van der Waals surface area (Å²) in [6.07, 6.45) is 1.38. The minimum atomic E-state index is 0.0773. The second kappa shape index (κ2) is 8.48. The summed E-state index contributed by atoms with van der Waals surface area (Å²) in [6, 6.07) is 12.7.